The molecule has 0 unspecified atom stereocenters. The van der Waals surface area contributed by atoms with Crippen LogP contribution in [0.2, 0.25) is 0 Å². The Hall–Kier alpha value is -1.36. The number of aryl methyl sites for hydroxylation is 1. The molecule has 100 valence electrons. The Kier molecular flexibility index (Phi) is 4.36. The smallest absolute Gasteiger partial charge is 0.236 e. The Labute approximate surface area is 108 Å². The molecule has 0 bridgehead atoms. The number of carbonyl (C=O) groups excluding carboxylic acids is 1. The van der Waals surface area contributed by atoms with Crippen LogP contribution >= 0.6 is 0 Å². The third-order valence-electron chi connectivity index (χ3n) is 3.37. The van der Waals surface area contributed by atoms with Gasteiger partial charge in [-0.1, -0.05) is 0 Å². The molecule has 0 saturated heterocycles. The predicted molar refractivity (Wildman–Crippen MR) is 70.2 cm³/mol. The minimum absolute atomic E-state index is 0.222. The molecule has 1 saturated carbocycles. The first-order chi connectivity index (χ1) is 8.72. The average Bonchev–Trinajstić information content (AvgIpc) is 3.10. The maximum atomic E-state index is 11.9. The highest BCUT2D eigenvalue weighted by atomic mass is 16.2. The lowest BCUT2D eigenvalue weighted by molar-refractivity contribution is -0.130. The van der Waals surface area contributed by atoms with Gasteiger partial charge >= 0.3 is 0 Å². The summed E-state index contributed by atoms with van der Waals surface area (Å²) in [7, 11) is 1.99. The third kappa shape index (κ3) is 3.32. The molecule has 0 radical (unpaired) electrons. The van der Waals surface area contributed by atoms with E-state index in [1.54, 1.807) is 6.20 Å². The van der Waals surface area contributed by atoms with Crippen LogP contribution in [0.1, 0.15) is 25.6 Å². The van der Waals surface area contributed by atoms with Gasteiger partial charge in [0, 0.05) is 45.0 Å². The van der Waals surface area contributed by atoms with E-state index in [1.807, 2.05) is 29.6 Å². The molecular formula is C13H22N4O. The van der Waals surface area contributed by atoms with E-state index in [0.717, 1.165) is 25.3 Å². The number of carbonyl (C=O) groups is 1. The van der Waals surface area contributed by atoms with Gasteiger partial charge in [0.05, 0.1) is 6.54 Å². The van der Waals surface area contributed by atoms with E-state index in [9.17, 15) is 4.79 Å². The quantitative estimate of drug-likeness (QED) is 0.720. The number of aromatic nitrogens is 2. The van der Waals surface area contributed by atoms with Crippen molar-refractivity contribution in [3.8, 4) is 0 Å². The lowest BCUT2D eigenvalue weighted by atomic mass is 10.3. The Morgan fingerprint density at radius 3 is 2.94 bits per heavy atom. The number of nitrogens with zero attached hydrogens (tertiary/aromatic N) is 3. The van der Waals surface area contributed by atoms with Gasteiger partial charge in [0.2, 0.25) is 5.91 Å². The van der Waals surface area contributed by atoms with E-state index in [1.165, 1.54) is 12.8 Å². The molecule has 2 rings (SSSR count). The Balaban J connectivity index is 1.65. The summed E-state index contributed by atoms with van der Waals surface area (Å²) in [4.78, 5) is 18.2. The zero-order valence-electron chi connectivity index (χ0n) is 11.2. The Morgan fingerprint density at radius 1 is 1.61 bits per heavy atom. The largest absolute Gasteiger partial charge is 0.339 e. The predicted octanol–water partition coefficient (Wildman–Crippen LogP) is 0.563. The molecule has 5 heteroatoms. The van der Waals surface area contributed by atoms with E-state index in [-0.39, 0.29) is 5.91 Å². The molecule has 1 aromatic heterocycles. The van der Waals surface area contributed by atoms with Crippen molar-refractivity contribution in [2.75, 3.05) is 19.6 Å². The standard InChI is InChI=1S/C13H22N4O/c1-3-17(11-4-5-11)13(18)10-14-7-6-12-15-8-9-16(12)2/h8-9,11,14H,3-7,10H2,1-2H3. The van der Waals surface area contributed by atoms with Crippen LogP contribution in [0.15, 0.2) is 12.4 Å². The summed E-state index contributed by atoms with van der Waals surface area (Å²) >= 11 is 0. The van der Waals surface area contributed by atoms with E-state index in [4.69, 9.17) is 0 Å². The topological polar surface area (TPSA) is 50.2 Å². The highest BCUT2D eigenvalue weighted by Gasteiger charge is 2.30. The van der Waals surface area contributed by atoms with Crippen LogP contribution in [-0.4, -0.2) is 46.0 Å². The van der Waals surface area contributed by atoms with Crippen molar-refractivity contribution in [3.63, 3.8) is 0 Å². The zero-order chi connectivity index (χ0) is 13.0. The number of likely N-dealkylation sites (N-methyl/N-ethyl adjacent to an activating group) is 1. The van der Waals surface area contributed by atoms with E-state index in [0.29, 0.717) is 12.6 Å². The summed E-state index contributed by atoms with van der Waals surface area (Å²) in [6, 6.07) is 0.513. The zero-order valence-corrected chi connectivity index (χ0v) is 11.2. The lowest BCUT2D eigenvalue weighted by Crippen LogP contribution is -2.40. The average molecular weight is 250 g/mol. The van der Waals surface area contributed by atoms with Crippen LogP contribution in [0.4, 0.5) is 0 Å². The fourth-order valence-corrected chi connectivity index (χ4v) is 2.16. The second-order valence-electron chi connectivity index (χ2n) is 4.79. The van der Waals surface area contributed by atoms with Crippen molar-refractivity contribution < 1.29 is 4.79 Å². The molecule has 1 aliphatic rings. The van der Waals surface area contributed by atoms with Gasteiger partial charge < -0.3 is 14.8 Å². The fourth-order valence-electron chi connectivity index (χ4n) is 2.16. The van der Waals surface area contributed by atoms with Gasteiger partial charge in [-0.05, 0) is 19.8 Å². The van der Waals surface area contributed by atoms with Gasteiger partial charge in [-0.3, -0.25) is 4.79 Å². The molecule has 0 aliphatic heterocycles. The molecule has 1 N–H and O–H groups in total. The Morgan fingerprint density at radius 2 is 2.39 bits per heavy atom. The molecule has 5 nitrogen and oxygen atoms in total. The fraction of sp³-hybridized carbons (Fsp3) is 0.692. The van der Waals surface area contributed by atoms with Gasteiger partial charge in [-0.15, -0.1) is 0 Å². The molecule has 0 spiro atoms. The molecular weight excluding hydrogens is 228 g/mol. The number of rotatable bonds is 7. The second kappa shape index (κ2) is 6.00. The van der Waals surface area contributed by atoms with Crippen molar-refractivity contribution in [1.29, 1.82) is 0 Å². The van der Waals surface area contributed by atoms with Crippen LogP contribution in [0.5, 0.6) is 0 Å². The molecule has 1 aliphatic carbocycles. The van der Waals surface area contributed by atoms with Crippen molar-refractivity contribution in [2.45, 2.75) is 32.2 Å². The van der Waals surface area contributed by atoms with Crippen LogP contribution in [0, 0.1) is 0 Å². The maximum absolute atomic E-state index is 11.9. The number of hydrogen-bond acceptors (Lipinski definition) is 3. The third-order valence-corrected chi connectivity index (χ3v) is 3.37. The van der Waals surface area contributed by atoms with Crippen LogP contribution in [-0.2, 0) is 18.3 Å². The lowest BCUT2D eigenvalue weighted by Gasteiger charge is -2.20. The normalized spacial score (nSPS) is 14.8. The summed E-state index contributed by atoms with van der Waals surface area (Å²) in [6.45, 7) is 4.10. The van der Waals surface area contributed by atoms with Crippen molar-refractivity contribution in [3.05, 3.63) is 18.2 Å². The minimum atomic E-state index is 0.222. The van der Waals surface area contributed by atoms with Gasteiger partial charge in [-0.2, -0.15) is 0 Å². The minimum Gasteiger partial charge on any atom is -0.339 e. The summed E-state index contributed by atoms with van der Waals surface area (Å²) < 4.78 is 2.01. The summed E-state index contributed by atoms with van der Waals surface area (Å²) in [5, 5.41) is 3.20. The summed E-state index contributed by atoms with van der Waals surface area (Å²) in [5.41, 5.74) is 0. The second-order valence-corrected chi connectivity index (χ2v) is 4.79. The summed E-state index contributed by atoms with van der Waals surface area (Å²) in [6.07, 6.45) is 6.94. The molecule has 1 amide bonds. The number of amides is 1. The SMILES string of the molecule is CCN(C(=O)CNCCc1nccn1C)C1CC1. The molecule has 0 atom stereocenters. The first-order valence-corrected chi connectivity index (χ1v) is 6.68. The van der Waals surface area contributed by atoms with Gasteiger partial charge in [0.15, 0.2) is 0 Å². The molecule has 1 aromatic rings. The van der Waals surface area contributed by atoms with Crippen LogP contribution in [0.3, 0.4) is 0 Å². The molecule has 18 heavy (non-hydrogen) atoms. The molecule has 1 heterocycles. The first kappa shape index (κ1) is 13.1. The van der Waals surface area contributed by atoms with E-state index >= 15 is 0 Å². The number of nitrogens with one attached hydrogen (secondary N) is 1. The van der Waals surface area contributed by atoms with Gasteiger partial charge in [0.1, 0.15) is 5.82 Å². The maximum Gasteiger partial charge on any atom is 0.236 e. The van der Waals surface area contributed by atoms with Crippen molar-refractivity contribution in [2.24, 2.45) is 7.05 Å². The Bertz CT molecular complexity index is 397. The van der Waals surface area contributed by atoms with Gasteiger partial charge in [-0.25, -0.2) is 4.98 Å². The number of hydrogen-bond donors (Lipinski definition) is 1. The van der Waals surface area contributed by atoms with Crippen molar-refractivity contribution in [1.82, 2.24) is 19.8 Å². The summed E-state index contributed by atoms with van der Waals surface area (Å²) in [5.74, 6) is 1.27. The molecule has 0 aromatic carbocycles. The van der Waals surface area contributed by atoms with E-state index < -0.39 is 0 Å². The van der Waals surface area contributed by atoms with Gasteiger partial charge in [0.25, 0.3) is 0 Å². The van der Waals surface area contributed by atoms with Crippen LogP contribution < -0.4 is 5.32 Å². The molecule has 1 fully saturated rings. The monoisotopic (exact) mass is 250 g/mol. The van der Waals surface area contributed by atoms with Crippen LogP contribution in [0.25, 0.3) is 0 Å². The van der Waals surface area contributed by atoms with Crippen molar-refractivity contribution >= 4 is 5.91 Å². The number of imidazole rings is 1. The van der Waals surface area contributed by atoms with E-state index in [2.05, 4.69) is 10.3 Å². The first-order valence-electron chi connectivity index (χ1n) is 6.68. The highest BCUT2D eigenvalue weighted by Crippen LogP contribution is 2.26. The highest BCUT2D eigenvalue weighted by molar-refractivity contribution is 5.78.